The van der Waals surface area contributed by atoms with E-state index in [1.54, 1.807) is 13.1 Å². The zero-order valence-electron chi connectivity index (χ0n) is 12.8. The normalized spacial score (nSPS) is 10.7. The largest absolute Gasteiger partial charge is 0.462 e. The summed E-state index contributed by atoms with van der Waals surface area (Å²) in [4.78, 5) is 25.4. The minimum absolute atomic E-state index is 0.302. The molecule has 2 aromatic heterocycles. The van der Waals surface area contributed by atoms with Crippen LogP contribution in [0, 0.1) is 0 Å². The van der Waals surface area contributed by atoms with E-state index < -0.39 is 5.97 Å². The van der Waals surface area contributed by atoms with Crippen LogP contribution >= 0.6 is 11.8 Å². The van der Waals surface area contributed by atoms with Gasteiger partial charge in [-0.25, -0.2) is 14.8 Å². The minimum atomic E-state index is -0.428. The molecule has 0 fully saturated rings. The summed E-state index contributed by atoms with van der Waals surface area (Å²) in [5.41, 5.74) is 2.49. The van der Waals surface area contributed by atoms with Crippen molar-refractivity contribution in [3.05, 3.63) is 48.3 Å². The quantitative estimate of drug-likeness (QED) is 0.415. The number of hydrogen-bond donors (Lipinski definition) is 0. The molecule has 0 saturated carbocycles. The van der Waals surface area contributed by atoms with Gasteiger partial charge in [-0.15, -0.1) is 0 Å². The highest BCUT2D eigenvalue weighted by atomic mass is 32.2. The molecule has 0 spiro atoms. The summed E-state index contributed by atoms with van der Waals surface area (Å²) in [5, 5.41) is 1.59. The fraction of sp³-hybridized carbons (Fsp3) is 0.176. The van der Waals surface area contributed by atoms with E-state index >= 15 is 0 Å². The first kappa shape index (κ1) is 15.4. The second-order valence-corrected chi connectivity index (χ2v) is 5.49. The fourth-order valence-electron chi connectivity index (χ4n) is 2.32. The molecule has 2 heterocycles. The van der Waals surface area contributed by atoms with Crippen molar-refractivity contribution in [1.29, 1.82) is 0 Å². The van der Waals surface area contributed by atoms with Gasteiger partial charge in [0, 0.05) is 23.3 Å². The summed E-state index contributed by atoms with van der Waals surface area (Å²) in [7, 11) is 0. The molecule has 23 heavy (non-hydrogen) atoms. The van der Waals surface area contributed by atoms with E-state index in [4.69, 9.17) is 4.74 Å². The average Bonchev–Trinajstić information content (AvgIpc) is 2.61. The van der Waals surface area contributed by atoms with Gasteiger partial charge in [-0.3, -0.25) is 4.98 Å². The number of rotatable bonds is 4. The lowest BCUT2D eigenvalue weighted by Gasteiger charge is -2.10. The molecule has 0 unspecified atom stereocenters. The maximum atomic E-state index is 12.2. The van der Waals surface area contributed by atoms with Gasteiger partial charge in [0.2, 0.25) is 0 Å². The smallest absolute Gasteiger partial charge is 0.341 e. The Balaban J connectivity index is 2.26. The fourth-order valence-corrected chi connectivity index (χ4v) is 2.66. The second kappa shape index (κ2) is 6.75. The summed E-state index contributed by atoms with van der Waals surface area (Å²) < 4.78 is 5.13. The lowest BCUT2D eigenvalue weighted by Crippen LogP contribution is -2.09. The Labute approximate surface area is 138 Å². The zero-order chi connectivity index (χ0) is 16.2. The Morgan fingerprint density at radius 3 is 2.83 bits per heavy atom. The summed E-state index contributed by atoms with van der Waals surface area (Å²) in [6.45, 7) is 2.07. The summed E-state index contributed by atoms with van der Waals surface area (Å²) in [6, 6.07) is 9.67. The van der Waals surface area contributed by atoms with Crippen molar-refractivity contribution in [2.24, 2.45) is 0 Å². The molecule has 6 heteroatoms. The zero-order valence-corrected chi connectivity index (χ0v) is 13.6. The average molecular weight is 325 g/mol. The van der Waals surface area contributed by atoms with E-state index in [1.807, 2.05) is 36.6 Å². The van der Waals surface area contributed by atoms with Crippen LogP contribution in [-0.4, -0.2) is 33.8 Å². The predicted molar refractivity (Wildman–Crippen MR) is 90.5 cm³/mol. The van der Waals surface area contributed by atoms with Gasteiger partial charge in [0.05, 0.1) is 17.8 Å². The van der Waals surface area contributed by atoms with E-state index in [2.05, 4.69) is 15.0 Å². The van der Waals surface area contributed by atoms with Crippen molar-refractivity contribution in [3.63, 3.8) is 0 Å². The molecule has 0 aliphatic rings. The number of ether oxygens (including phenoxy) is 1. The molecule has 0 bridgehead atoms. The Bertz CT molecular complexity index is 862. The second-order valence-electron chi connectivity index (χ2n) is 4.72. The van der Waals surface area contributed by atoms with Gasteiger partial charge in [0.25, 0.3) is 0 Å². The van der Waals surface area contributed by atoms with Crippen molar-refractivity contribution < 1.29 is 9.53 Å². The maximum Gasteiger partial charge on any atom is 0.341 e. The summed E-state index contributed by atoms with van der Waals surface area (Å²) in [6.07, 6.45) is 5.14. The molecule has 0 saturated heterocycles. The number of hydrogen-bond acceptors (Lipinski definition) is 6. The highest BCUT2D eigenvalue weighted by Gasteiger charge is 2.19. The van der Waals surface area contributed by atoms with Crippen LogP contribution in [0.15, 0.2) is 47.9 Å². The summed E-state index contributed by atoms with van der Waals surface area (Å²) >= 11 is 1.42. The number of fused-ring (bicyclic) bond motifs is 1. The number of benzene rings is 1. The molecular formula is C17H15N3O2S. The molecular weight excluding hydrogens is 310 g/mol. The number of carbonyl (C=O) groups is 1. The number of nitrogens with zero attached hydrogens (tertiary/aromatic N) is 3. The van der Waals surface area contributed by atoms with Crippen molar-refractivity contribution in [1.82, 2.24) is 15.0 Å². The van der Waals surface area contributed by atoms with Crippen LogP contribution in [0.4, 0.5) is 0 Å². The molecule has 0 aliphatic heterocycles. The van der Waals surface area contributed by atoms with Gasteiger partial charge in [-0.05, 0) is 19.2 Å². The van der Waals surface area contributed by atoms with Crippen molar-refractivity contribution in [3.8, 4) is 11.3 Å². The van der Waals surface area contributed by atoms with Crippen LogP contribution in [0.2, 0.25) is 0 Å². The van der Waals surface area contributed by atoms with Crippen molar-refractivity contribution in [2.75, 3.05) is 12.9 Å². The molecule has 5 nitrogen and oxygen atoms in total. The Morgan fingerprint density at radius 1 is 1.22 bits per heavy atom. The topological polar surface area (TPSA) is 65.0 Å². The number of carbonyl (C=O) groups excluding carboxylic acids is 1. The third-order valence-corrected chi connectivity index (χ3v) is 3.89. The van der Waals surface area contributed by atoms with Crippen LogP contribution in [0.3, 0.4) is 0 Å². The third kappa shape index (κ3) is 3.03. The summed E-state index contributed by atoms with van der Waals surface area (Å²) in [5.74, 6) is -0.428. The number of esters is 1. The van der Waals surface area contributed by atoms with Crippen molar-refractivity contribution >= 4 is 28.6 Å². The molecule has 3 aromatic rings. The van der Waals surface area contributed by atoms with Crippen LogP contribution in [0.1, 0.15) is 17.3 Å². The highest BCUT2D eigenvalue weighted by Crippen LogP contribution is 2.29. The number of pyridine rings is 1. The minimum Gasteiger partial charge on any atom is -0.462 e. The van der Waals surface area contributed by atoms with Gasteiger partial charge in [-0.1, -0.05) is 36.0 Å². The first-order valence-corrected chi connectivity index (χ1v) is 8.39. The van der Waals surface area contributed by atoms with Gasteiger partial charge >= 0.3 is 5.97 Å². The first-order chi connectivity index (χ1) is 11.2. The van der Waals surface area contributed by atoms with Gasteiger partial charge in [-0.2, -0.15) is 0 Å². The lowest BCUT2D eigenvalue weighted by atomic mass is 10.0. The van der Waals surface area contributed by atoms with Gasteiger partial charge < -0.3 is 4.74 Å². The Kier molecular flexibility index (Phi) is 4.52. The Hall–Kier alpha value is -2.47. The van der Waals surface area contributed by atoms with Crippen LogP contribution in [0.5, 0.6) is 0 Å². The maximum absolute atomic E-state index is 12.2. The molecule has 1 aromatic carbocycles. The molecule has 3 rings (SSSR count). The van der Waals surface area contributed by atoms with Crippen molar-refractivity contribution in [2.45, 2.75) is 12.1 Å². The molecule has 0 aliphatic carbocycles. The van der Waals surface area contributed by atoms with E-state index in [1.165, 1.54) is 18.0 Å². The van der Waals surface area contributed by atoms with E-state index in [0.29, 0.717) is 23.0 Å². The predicted octanol–water partition coefficient (Wildman–Crippen LogP) is 3.59. The molecule has 0 N–H and O–H groups in total. The highest BCUT2D eigenvalue weighted by molar-refractivity contribution is 7.98. The van der Waals surface area contributed by atoms with Crippen LogP contribution < -0.4 is 0 Å². The van der Waals surface area contributed by atoms with Gasteiger partial charge in [0.1, 0.15) is 5.56 Å². The van der Waals surface area contributed by atoms with Crippen LogP contribution in [0.25, 0.3) is 22.2 Å². The van der Waals surface area contributed by atoms with E-state index in [-0.39, 0.29) is 0 Å². The number of para-hydroxylation sites is 1. The first-order valence-electron chi connectivity index (χ1n) is 7.17. The number of aromatic nitrogens is 3. The standard InChI is InChI=1S/C17H15N3O2S/c1-3-22-16(21)13-10-19-17(23-2)20-15(13)12-8-4-6-11-7-5-9-18-14(11)12/h4-10H,3H2,1-2H3. The third-order valence-electron chi connectivity index (χ3n) is 3.33. The molecule has 0 amide bonds. The number of thioether (sulfide) groups is 1. The molecule has 0 radical (unpaired) electrons. The van der Waals surface area contributed by atoms with E-state index in [9.17, 15) is 4.79 Å². The molecule has 0 atom stereocenters. The monoisotopic (exact) mass is 325 g/mol. The SMILES string of the molecule is CCOC(=O)c1cnc(SC)nc1-c1cccc2cccnc12. The lowest BCUT2D eigenvalue weighted by molar-refractivity contribution is 0.0526. The van der Waals surface area contributed by atoms with Gasteiger partial charge in [0.15, 0.2) is 5.16 Å². The Morgan fingerprint density at radius 2 is 2.04 bits per heavy atom. The molecule has 116 valence electrons. The van der Waals surface area contributed by atoms with Crippen LogP contribution in [-0.2, 0) is 4.74 Å². The van der Waals surface area contributed by atoms with E-state index in [0.717, 1.165) is 16.5 Å².